The summed E-state index contributed by atoms with van der Waals surface area (Å²) < 4.78 is 7.30. The van der Waals surface area contributed by atoms with Gasteiger partial charge >= 0.3 is 0 Å². The average Bonchev–Trinajstić information content (AvgIpc) is 2.64. The fourth-order valence-corrected chi connectivity index (χ4v) is 3.50. The summed E-state index contributed by atoms with van der Waals surface area (Å²) in [5.41, 5.74) is 0. The molecule has 0 spiro atoms. The van der Waals surface area contributed by atoms with Gasteiger partial charge in [0.05, 0.1) is 9.89 Å². The Kier molecular flexibility index (Phi) is 4.41. The summed E-state index contributed by atoms with van der Waals surface area (Å²) in [5, 5.41) is 3.46. The summed E-state index contributed by atoms with van der Waals surface area (Å²) in [6.07, 6.45) is 1.73. The molecule has 1 aliphatic heterocycles. The molecule has 1 fully saturated rings. The van der Waals surface area contributed by atoms with Crippen LogP contribution in [-0.4, -0.2) is 19.2 Å². The third-order valence-electron chi connectivity index (χ3n) is 2.70. The zero-order valence-electron chi connectivity index (χ0n) is 9.70. The van der Waals surface area contributed by atoms with Crippen molar-refractivity contribution in [2.45, 2.75) is 32.5 Å². The Bertz CT molecular complexity index is 340. The average molecular weight is 304 g/mol. The molecule has 2 heterocycles. The lowest BCUT2D eigenvalue weighted by Crippen LogP contribution is -2.40. The van der Waals surface area contributed by atoms with E-state index in [9.17, 15) is 0 Å². The van der Waals surface area contributed by atoms with Gasteiger partial charge in [0.2, 0.25) is 0 Å². The second-order valence-electron chi connectivity index (χ2n) is 4.68. The highest BCUT2D eigenvalue weighted by Crippen LogP contribution is 2.31. The van der Waals surface area contributed by atoms with Crippen molar-refractivity contribution in [3.05, 3.63) is 20.8 Å². The van der Waals surface area contributed by atoms with Crippen LogP contribution in [0.15, 0.2) is 15.9 Å². The topological polar surface area (TPSA) is 21.3 Å². The molecule has 0 saturated carbocycles. The summed E-state index contributed by atoms with van der Waals surface area (Å²) >= 11 is 5.26. The van der Waals surface area contributed by atoms with E-state index in [4.69, 9.17) is 4.74 Å². The highest BCUT2D eigenvalue weighted by atomic mass is 79.9. The minimum Gasteiger partial charge on any atom is -0.367 e. The first kappa shape index (κ1) is 12.6. The number of hydrogen-bond donors (Lipinski definition) is 1. The van der Waals surface area contributed by atoms with Crippen molar-refractivity contribution >= 4 is 27.3 Å². The first-order valence-electron chi connectivity index (χ1n) is 5.76. The summed E-state index contributed by atoms with van der Waals surface area (Å²) in [4.78, 5) is 1.31. The van der Waals surface area contributed by atoms with E-state index < -0.39 is 0 Å². The third-order valence-corrected chi connectivity index (χ3v) is 4.42. The molecule has 1 aromatic rings. The van der Waals surface area contributed by atoms with Crippen LogP contribution in [0.1, 0.15) is 31.2 Å². The number of morpholine rings is 1. The van der Waals surface area contributed by atoms with Crippen LogP contribution in [0.2, 0.25) is 0 Å². The molecular weight excluding hydrogens is 286 g/mol. The first-order valence-corrected chi connectivity index (χ1v) is 7.37. The smallest absolute Gasteiger partial charge is 0.104 e. The minimum absolute atomic E-state index is 0.230. The zero-order chi connectivity index (χ0) is 11.5. The molecule has 2 rings (SSSR count). The fourth-order valence-electron chi connectivity index (χ4n) is 2.04. The number of ether oxygens (including phenoxy) is 1. The van der Waals surface area contributed by atoms with E-state index in [1.54, 1.807) is 11.3 Å². The maximum atomic E-state index is 6.12. The van der Waals surface area contributed by atoms with Gasteiger partial charge in [0, 0.05) is 18.0 Å². The van der Waals surface area contributed by atoms with E-state index >= 15 is 0 Å². The second-order valence-corrected chi connectivity index (χ2v) is 7.17. The van der Waals surface area contributed by atoms with Crippen molar-refractivity contribution in [2.75, 3.05) is 13.1 Å². The van der Waals surface area contributed by atoms with E-state index in [1.165, 1.54) is 8.66 Å². The van der Waals surface area contributed by atoms with Crippen LogP contribution < -0.4 is 5.32 Å². The summed E-state index contributed by atoms with van der Waals surface area (Å²) in [6, 6.07) is 4.24. The molecule has 90 valence electrons. The number of nitrogens with one attached hydrogen (secondary N) is 1. The Morgan fingerprint density at radius 2 is 2.31 bits per heavy atom. The van der Waals surface area contributed by atoms with Gasteiger partial charge in [0.25, 0.3) is 0 Å². The summed E-state index contributed by atoms with van der Waals surface area (Å²) in [7, 11) is 0. The lowest BCUT2D eigenvalue weighted by Gasteiger charge is -2.31. The van der Waals surface area contributed by atoms with Crippen LogP contribution in [0.25, 0.3) is 0 Å². The highest BCUT2D eigenvalue weighted by molar-refractivity contribution is 9.11. The maximum absolute atomic E-state index is 6.12. The molecule has 1 aromatic heterocycles. The van der Waals surface area contributed by atoms with Gasteiger partial charge in [-0.1, -0.05) is 13.8 Å². The summed E-state index contributed by atoms with van der Waals surface area (Å²) in [6.45, 7) is 6.41. The molecule has 2 nitrogen and oxygen atoms in total. The van der Waals surface area contributed by atoms with Crippen molar-refractivity contribution in [1.29, 1.82) is 0 Å². The number of halogens is 1. The highest BCUT2D eigenvalue weighted by Gasteiger charge is 2.24. The standard InChI is InChI=1S/C12H18BrNOS/c1-8(2)5-9-6-14-7-10(15-9)11-3-4-12(13)16-11/h3-4,8-10,14H,5-7H2,1-2H3. The van der Waals surface area contributed by atoms with Crippen LogP contribution in [-0.2, 0) is 4.74 Å². The molecule has 2 atom stereocenters. The monoisotopic (exact) mass is 303 g/mol. The molecular formula is C12H18BrNOS. The lowest BCUT2D eigenvalue weighted by atomic mass is 10.0. The molecule has 0 bridgehead atoms. The number of hydrogen-bond acceptors (Lipinski definition) is 3. The molecule has 1 aliphatic rings. The molecule has 4 heteroatoms. The quantitative estimate of drug-likeness (QED) is 0.921. The van der Waals surface area contributed by atoms with E-state index in [2.05, 4.69) is 47.2 Å². The molecule has 16 heavy (non-hydrogen) atoms. The van der Waals surface area contributed by atoms with Gasteiger partial charge in [-0.15, -0.1) is 11.3 Å². The van der Waals surface area contributed by atoms with E-state index in [0.717, 1.165) is 19.5 Å². The van der Waals surface area contributed by atoms with Gasteiger partial charge in [0.15, 0.2) is 0 Å². The van der Waals surface area contributed by atoms with E-state index in [1.807, 2.05) is 0 Å². The van der Waals surface area contributed by atoms with Crippen LogP contribution >= 0.6 is 27.3 Å². The molecule has 0 amide bonds. The van der Waals surface area contributed by atoms with Crippen molar-refractivity contribution in [3.63, 3.8) is 0 Å². The van der Waals surface area contributed by atoms with Gasteiger partial charge < -0.3 is 10.1 Å². The second kappa shape index (κ2) is 5.63. The van der Waals surface area contributed by atoms with Gasteiger partial charge in [-0.25, -0.2) is 0 Å². The maximum Gasteiger partial charge on any atom is 0.104 e. The van der Waals surface area contributed by atoms with Crippen molar-refractivity contribution in [3.8, 4) is 0 Å². The first-order chi connectivity index (χ1) is 7.65. The Labute approximate surface area is 110 Å². The number of rotatable bonds is 3. The Morgan fingerprint density at radius 3 is 2.94 bits per heavy atom. The Morgan fingerprint density at radius 1 is 1.50 bits per heavy atom. The van der Waals surface area contributed by atoms with Gasteiger partial charge in [-0.3, -0.25) is 0 Å². The van der Waals surface area contributed by atoms with Crippen LogP contribution in [0.5, 0.6) is 0 Å². The third kappa shape index (κ3) is 3.29. The van der Waals surface area contributed by atoms with E-state index in [-0.39, 0.29) is 6.10 Å². The molecule has 2 unspecified atom stereocenters. The largest absolute Gasteiger partial charge is 0.367 e. The summed E-state index contributed by atoms with van der Waals surface area (Å²) in [5.74, 6) is 0.695. The molecule has 0 aliphatic carbocycles. The Hall–Kier alpha value is 0.1000. The van der Waals surface area contributed by atoms with Crippen LogP contribution in [0.4, 0.5) is 0 Å². The molecule has 1 saturated heterocycles. The lowest BCUT2D eigenvalue weighted by molar-refractivity contribution is -0.0457. The van der Waals surface area contributed by atoms with Gasteiger partial charge in [0.1, 0.15) is 6.10 Å². The zero-order valence-corrected chi connectivity index (χ0v) is 12.1. The van der Waals surface area contributed by atoms with Crippen molar-refractivity contribution in [1.82, 2.24) is 5.32 Å². The predicted octanol–water partition coefficient (Wildman–Crippen LogP) is 3.59. The molecule has 0 radical (unpaired) electrons. The fraction of sp³-hybridized carbons (Fsp3) is 0.667. The Balaban J connectivity index is 1.96. The van der Waals surface area contributed by atoms with Crippen molar-refractivity contribution < 1.29 is 4.74 Å². The normalized spacial score (nSPS) is 26.2. The minimum atomic E-state index is 0.230. The van der Waals surface area contributed by atoms with Gasteiger partial charge in [-0.05, 0) is 40.4 Å². The van der Waals surface area contributed by atoms with Crippen LogP contribution in [0, 0.1) is 5.92 Å². The number of thiophene rings is 1. The van der Waals surface area contributed by atoms with Crippen LogP contribution in [0.3, 0.4) is 0 Å². The molecule has 0 aromatic carbocycles. The SMILES string of the molecule is CC(C)CC1CNCC(c2ccc(Br)s2)O1. The van der Waals surface area contributed by atoms with E-state index in [0.29, 0.717) is 12.0 Å². The van der Waals surface area contributed by atoms with Crippen molar-refractivity contribution in [2.24, 2.45) is 5.92 Å². The molecule has 1 N–H and O–H groups in total. The van der Waals surface area contributed by atoms with Gasteiger partial charge in [-0.2, -0.15) is 0 Å². The predicted molar refractivity (Wildman–Crippen MR) is 72.0 cm³/mol.